The molecule has 0 bridgehead atoms. The molecule has 0 aromatic heterocycles. The molecule has 1 rings (SSSR count). The van der Waals surface area contributed by atoms with Gasteiger partial charge in [0, 0.05) is 6.42 Å². The summed E-state index contributed by atoms with van der Waals surface area (Å²) in [5.41, 5.74) is 5.97. The highest BCUT2D eigenvalue weighted by atomic mass is 35.5. The van der Waals surface area contributed by atoms with Gasteiger partial charge in [-0.3, -0.25) is 4.79 Å². The molecule has 0 saturated heterocycles. The molecular weight excluding hydrogens is 285 g/mol. The molecule has 0 spiro atoms. The number of nitrogens with two attached hydrogens (primary N) is 1. The van der Waals surface area contributed by atoms with Gasteiger partial charge in [0.05, 0.1) is 10.0 Å². The summed E-state index contributed by atoms with van der Waals surface area (Å²) in [6.07, 6.45) is 1.10. The first-order chi connectivity index (χ1) is 8.75. The van der Waals surface area contributed by atoms with E-state index in [1.165, 1.54) is 0 Å². The van der Waals surface area contributed by atoms with Gasteiger partial charge in [-0.1, -0.05) is 36.2 Å². The minimum absolute atomic E-state index is 0.382. The van der Waals surface area contributed by atoms with Crippen LogP contribution in [-0.4, -0.2) is 17.6 Å². The summed E-state index contributed by atoms with van der Waals surface area (Å²) in [5.74, 6) is -0.382. The van der Waals surface area contributed by atoms with Crippen molar-refractivity contribution in [1.29, 1.82) is 0 Å². The van der Waals surface area contributed by atoms with E-state index >= 15 is 0 Å². The summed E-state index contributed by atoms with van der Waals surface area (Å²) in [4.78, 5) is 11.7. The van der Waals surface area contributed by atoms with Crippen molar-refractivity contribution in [2.75, 3.05) is 0 Å². The van der Waals surface area contributed by atoms with Crippen molar-refractivity contribution in [2.45, 2.75) is 45.3 Å². The van der Waals surface area contributed by atoms with Gasteiger partial charge in [0.15, 0.2) is 0 Å². The Bertz CT molecular complexity index is 461. The van der Waals surface area contributed by atoms with E-state index in [2.05, 4.69) is 0 Å². The Balaban J connectivity index is 2.73. The molecule has 0 fully saturated rings. The fourth-order valence-corrected chi connectivity index (χ4v) is 2.01. The van der Waals surface area contributed by atoms with Gasteiger partial charge in [-0.15, -0.1) is 0 Å². The number of carbonyl (C=O) groups excluding carboxylic acids is 1. The van der Waals surface area contributed by atoms with Gasteiger partial charge < -0.3 is 10.5 Å². The number of hydrogen-bond acceptors (Lipinski definition) is 3. The van der Waals surface area contributed by atoms with Crippen molar-refractivity contribution < 1.29 is 9.53 Å². The fraction of sp³-hybridized carbons (Fsp3) is 0.500. The van der Waals surface area contributed by atoms with Crippen LogP contribution in [0.15, 0.2) is 18.2 Å². The first kappa shape index (κ1) is 16.3. The average molecular weight is 304 g/mol. The Kier molecular flexibility index (Phi) is 5.65. The molecule has 0 aliphatic heterocycles. The first-order valence-corrected chi connectivity index (χ1v) is 6.93. The Morgan fingerprint density at radius 1 is 1.37 bits per heavy atom. The maximum Gasteiger partial charge on any atom is 0.323 e. The topological polar surface area (TPSA) is 52.3 Å². The van der Waals surface area contributed by atoms with E-state index in [4.69, 9.17) is 33.7 Å². The van der Waals surface area contributed by atoms with E-state index in [-0.39, 0.29) is 5.97 Å². The van der Waals surface area contributed by atoms with Crippen LogP contribution in [0.3, 0.4) is 0 Å². The van der Waals surface area contributed by atoms with Crippen LogP contribution < -0.4 is 5.73 Å². The van der Waals surface area contributed by atoms with Gasteiger partial charge in [0.25, 0.3) is 0 Å². The number of carbonyl (C=O) groups is 1. The lowest BCUT2D eigenvalue weighted by molar-refractivity contribution is -0.158. The Morgan fingerprint density at radius 2 is 2.00 bits per heavy atom. The zero-order valence-electron chi connectivity index (χ0n) is 11.4. The van der Waals surface area contributed by atoms with E-state index in [1.807, 2.05) is 26.8 Å². The van der Waals surface area contributed by atoms with Crippen molar-refractivity contribution in [3.05, 3.63) is 33.8 Å². The zero-order valence-corrected chi connectivity index (χ0v) is 12.9. The fourth-order valence-electron chi connectivity index (χ4n) is 1.69. The molecule has 0 aliphatic carbocycles. The summed E-state index contributed by atoms with van der Waals surface area (Å²) in [6.45, 7) is 5.53. The van der Waals surface area contributed by atoms with Gasteiger partial charge in [0.1, 0.15) is 11.6 Å². The minimum Gasteiger partial charge on any atom is -0.458 e. The molecule has 1 aromatic rings. The van der Waals surface area contributed by atoms with Gasteiger partial charge >= 0.3 is 5.97 Å². The second-order valence-corrected chi connectivity index (χ2v) is 5.94. The second-order valence-electron chi connectivity index (χ2n) is 5.12. The third kappa shape index (κ3) is 5.01. The average Bonchev–Trinajstić information content (AvgIpc) is 2.31. The predicted octanol–water partition coefficient (Wildman–Crippen LogP) is 3.60. The van der Waals surface area contributed by atoms with Crippen LogP contribution in [0.1, 0.15) is 32.8 Å². The Hall–Kier alpha value is -0.770. The maximum atomic E-state index is 11.7. The summed E-state index contributed by atoms with van der Waals surface area (Å²) >= 11 is 11.8. The van der Waals surface area contributed by atoms with Gasteiger partial charge in [-0.25, -0.2) is 0 Å². The van der Waals surface area contributed by atoms with Crippen molar-refractivity contribution in [3.8, 4) is 0 Å². The summed E-state index contributed by atoms with van der Waals surface area (Å²) < 4.78 is 5.42. The highest BCUT2D eigenvalue weighted by Crippen LogP contribution is 2.25. The molecule has 5 heteroatoms. The summed E-state index contributed by atoms with van der Waals surface area (Å²) in [7, 11) is 0. The van der Waals surface area contributed by atoms with E-state index in [0.717, 1.165) is 5.56 Å². The van der Waals surface area contributed by atoms with Crippen LogP contribution in [0.2, 0.25) is 10.0 Å². The third-order valence-corrected chi connectivity index (χ3v) is 3.47. The molecule has 1 atom stereocenters. The molecule has 0 saturated carbocycles. The number of benzene rings is 1. The monoisotopic (exact) mass is 303 g/mol. The smallest absolute Gasteiger partial charge is 0.323 e. The third-order valence-electron chi connectivity index (χ3n) is 2.73. The Morgan fingerprint density at radius 3 is 2.53 bits per heavy atom. The van der Waals surface area contributed by atoms with Crippen molar-refractivity contribution in [2.24, 2.45) is 5.73 Å². The highest BCUT2D eigenvalue weighted by Gasteiger charge is 2.26. The SMILES string of the molecule is CCC(N)C(=O)OC(C)(C)Cc1ccc(Cl)c(Cl)c1. The van der Waals surface area contributed by atoms with E-state index in [1.54, 1.807) is 12.1 Å². The maximum absolute atomic E-state index is 11.7. The van der Waals surface area contributed by atoms with Gasteiger partial charge in [-0.2, -0.15) is 0 Å². The number of hydrogen-bond donors (Lipinski definition) is 1. The van der Waals surface area contributed by atoms with Crippen molar-refractivity contribution >= 4 is 29.2 Å². The van der Waals surface area contributed by atoms with Crippen LogP contribution in [-0.2, 0) is 16.0 Å². The molecule has 1 unspecified atom stereocenters. The minimum atomic E-state index is -0.638. The van der Waals surface area contributed by atoms with E-state index in [0.29, 0.717) is 22.9 Å². The molecule has 2 N–H and O–H groups in total. The van der Waals surface area contributed by atoms with Crippen LogP contribution in [0, 0.1) is 0 Å². The molecule has 0 radical (unpaired) electrons. The van der Waals surface area contributed by atoms with Crippen LogP contribution in [0.5, 0.6) is 0 Å². The van der Waals surface area contributed by atoms with Crippen LogP contribution in [0.4, 0.5) is 0 Å². The normalized spacial score (nSPS) is 13.2. The number of ether oxygens (including phenoxy) is 1. The lowest BCUT2D eigenvalue weighted by Crippen LogP contribution is -2.39. The molecule has 1 aromatic carbocycles. The predicted molar refractivity (Wildman–Crippen MR) is 78.6 cm³/mol. The molecular formula is C14H19Cl2NO2. The molecule has 0 heterocycles. The molecule has 3 nitrogen and oxygen atoms in total. The number of halogens is 2. The molecule has 0 amide bonds. The van der Waals surface area contributed by atoms with Crippen molar-refractivity contribution in [1.82, 2.24) is 0 Å². The quantitative estimate of drug-likeness (QED) is 0.846. The largest absolute Gasteiger partial charge is 0.458 e. The lowest BCUT2D eigenvalue weighted by atomic mass is 9.98. The number of rotatable bonds is 5. The zero-order chi connectivity index (χ0) is 14.6. The van der Waals surface area contributed by atoms with Crippen LogP contribution in [0.25, 0.3) is 0 Å². The summed E-state index contributed by atoms with van der Waals surface area (Å²) in [5, 5.41) is 1.000. The van der Waals surface area contributed by atoms with E-state index in [9.17, 15) is 4.79 Å². The first-order valence-electron chi connectivity index (χ1n) is 6.17. The molecule has 0 aliphatic rings. The van der Waals surface area contributed by atoms with Crippen LogP contribution >= 0.6 is 23.2 Å². The highest BCUT2D eigenvalue weighted by molar-refractivity contribution is 6.42. The van der Waals surface area contributed by atoms with Crippen molar-refractivity contribution in [3.63, 3.8) is 0 Å². The van der Waals surface area contributed by atoms with Gasteiger partial charge in [-0.05, 0) is 38.0 Å². The second kappa shape index (κ2) is 6.60. The Labute approximate surface area is 124 Å². The van der Waals surface area contributed by atoms with Gasteiger partial charge in [0.2, 0.25) is 0 Å². The molecule has 106 valence electrons. The molecule has 19 heavy (non-hydrogen) atoms. The lowest BCUT2D eigenvalue weighted by Gasteiger charge is -2.26. The number of esters is 1. The van der Waals surface area contributed by atoms with E-state index < -0.39 is 11.6 Å². The standard InChI is InChI=1S/C14H19Cl2NO2/c1-4-12(17)13(18)19-14(2,3)8-9-5-6-10(15)11(16)7-9/h5-7,12H,4,8,17H2,1-3H3. The summed E-state index contributed by atoms with van der Waals surface area (Å²) in [6, 6.07) is 4.80.